The number of hydrogen-bond acceptors (Lipinski definition) is 3. The molecule has 1 fully saturated rings. The van der Waals surface area contributed by atoms with Crippen LogP contribution in [0.15, 0.2) is 22.9 Å². The van der Waals surface area contributed by atoms with Crippen LogP contribution < -0.4 is 5.32 Å². The molecule has 3 unspecified atom stereocenters. The van der Waals surface area contributed by atoms with E-state index in [-0.39, 0.29) is 0 Å². The number of rotatable bonds is 2. The van der Waals surface area contributed by atoms with Crippen LogP contribution in [0.2, 0.25) is 0 Å². The second kappa shape index (κ2) is 5.36. The summed E-state index contributed by atoms with van der Waals surface area (Å²) in [7, 11) is 2.21. The molecule has 1 aromatic heterocycles. The highest BCUT2D eigenvalue weighted by molar-refractivity contribution is 9.10. The maximum atomic E-state index is 4.19. The number of anilines is 1. The number of pyridine rings is 1. The average Bonchev–Trinajstić information content (AvgIpc) is 2.26. The minimum Gasteiger partial charge on any atom is -0.381 e. The quantitative estimate of drug-likeness (QED) is 0.910. The van der Waals surface area contributed by atoms with Crippen molar-refractivity contribution < 1.29 is 0 Å². The zero-order valence-electron chi connectivity index (χ0n) is 10.7. The first kappa shape index (κ1) is 12.8. The molecule has 0 aliphatic carbocycles. The molecule has 3 atom stereocenters. The second-order valence-corrected chi connectivity index (χ2v) is 6.06. The topological polar surface area (TPSA) is 28.2 Å². The highest BCUT2D eigenvalue weighted by Gasteiger charge is 2.28. The summed E-state index contributed by atoms with van der Waals surface area (Å²) in [5, 5.41) is 3.60. The first-order valence-corrected chi connectivity index (χ1v) is 6.93. The molecule has 1 N–H and O–H groups in total. The van der Waals surface area contributed by atoms with Crippen molar-refractivity contribution in [1.29, 1.82) is 0 Å². The van der Waals surface area contributed by atoms with Crippen LogP contribution in [0, 0.1) is 5.92 Å². The monoisotopic (exact) mass is 297 g/mol. The third-order valence-electron chi connectivity index (χ3n) is 3.67. The summed E-state index contributed by atoms with van der Waals surface area (Å²) in [4.78, 5) is 6.62. The third-order valence-corrected chi connectivity index (χ3v) is 4.10. The Morgan fingerprint density at radius 1 is 1.41 bits per heavy atom. The van der Waals surface area contributed by atoms with Gasteiger partial charge in [0.15, 0.2) is 0 Å². The lowest BCUT2D eigenvalue weighted by Gasteiger charge is -2.40. The van der Waals surface area contributed by atoms with Gasteiger partial charge in [0.25, 0.3) is 0 Å². The molecule has 2 heterocycles. The Kier molecular flexibility index (Phi) is 4.05. The van der Waals surface area contributed by atoms with Gasteiger partial charge in [0.05, 0.1) is 11.9 Å². The Balaban J connectivity index is 2.03. The third kappa shape index (κ3) is 3.19. The van der Waals surface area contributed by atoms with Gasteiger partial charge in [0.1, 0.15) is 0 Å². The van der Waals surface area contributed by atoms with Gasteiger partial charge in [0, 0.05) is 29.3 Å². The van der Waals surface area contributed by atoms with E-state index >= 15 is 0 Å². The van der Waals surface area contributed by atoms with Gasteiger partial charge in [-0.3, -0.25) is 4.98 Å². The fourth-order valence-electron chi connectivity index (χ4n) is 2.45. The molecule has 0 amide bonds. The van der Waals surface area contributed by atoms with Crippen molar-refractivity contribution >= 4 is 21.6 Å². The van der Waals surface area contributed by atoms with E-state index in [9.17, 15) is 0 Å². The summed E-state index contributed by atoms with van der Waals surface area (Å²) in [6, 6.07) is 3.27. The molecule has 1 aromatic rings. The zero-order chi connectivity index (χ0) is 12.4. The van der Waals surface area contributed by atoms with E-state index in [1.807, 2.05) is 12.4 Å². The predicted octanol–water partition coefficient (Wildman–Crippen LogP) is 2.98. The lowest BCUT2D eigenvalue weighted by Crippen LogP contribution is -2.48. The van der Waals surface area contributed by atoms with Gasteiger partial charge in [0.2, 0.25) is 0 Å². The Labute approximate surface area is 112 Å². The molecule has 0 radical (unpaired) electrons. The molecule has 4 heteroatoms. The molecule has 1 aliphatic rings. The highest BCUT2D eigenvalue weighted by atomic mass is 79.9. The normalized spacial score (nSPS) is 30.2. The Morgan fingerprint density at radius 2 is 2.18 bits per heavy atom. The molecule has 0 aromatic carbocycles. The van der Waals surface area contributed by atoms with Gasteiger partial charge in [-0.1, -0.05) is 6.92 Å². The van der Waals surface area contributed by atoms with Crippen LogP contribution in [-0.2, 0) is 0 Å². The number of likely N-dealkylation sites (tertiary alicyclic amines) is 1. The Morgan fingerprint density at radius 3 is 2.88 bits per heavy atom. The number of hydrogen-bond donors (Lipinski definition) is 1. The molecule has 17 heavy (non-hydrogen) atoms. The largest absolute Gasteiger partial charge is 0.381 e. The van der Waals surface area contributed by atoms with E-state index in [0.717, 1.165) is 16.7 Å². The van der Waals surface area contributed by atoms with Gasteiger partial charge >= 0.3 is 0 Å². The summed E-state index contributed by atoms with van der Waals surface area (Å²) in [5.41, 5.74) is 1.10. The van der Waals surface area contributed by atoms with E-state index in [2.05, 4.69) is 58.1 Å². The van der Waals surface area contributed by atoms with Crippen molar-refractivity contribution in [3.8, 4) is 0 Å². The average molecular weight is 298 g/mol. The van der Waals surface area contributed by atoms with Crippen LogP contribution >= 0.6 is 15.9 Å². The summed E-state index contributed by atoms with van der Waals surface area (Å²) < 4.78 is 1.02. The first-order valence-electron chi connectivity index (χ1n) is 6.13. The molecular formula is C13H20BrN3. The standard InChI is InChI=1S/C13H20BrN3/c1-9-8-17(3)10(2)4-13(9)16-12-5-11(14)6-15-7-12/h5-7,9-10,13,16H,4,8H2,1-3H3. The smallest absolute Gasteiger partial charge is 0.0540 e. The van der Waals surface area contributed by atoms with Gasteiger partial charge in [-0.25, -0.2) is 0 Å². The van der Waals surface area contributed by atoms with Crippen molar-refractivity contribution in [2.24, 2.45) is 5.92 Å². The Hall–Kier alpha value is -0.610. The van der Waals surface area contributed by atoms with Crippen molar-refractivity contribution in [1.82, 2.24) is 9.88 Å². The fourth-order valence-corrected chi connectivity index (χ4v) is 2.81. The van der Waals surface area contributed by atoms with Crippen LogP contribution in [0.1, 0.15) is 20.3 Å². The number of piperidine rings is 1. The Bertz CT molecular complexity index is 383. The van der Waals surface area contributed by atoms with E-state index in [1.165, 1.54) is 6.42 Å². The minimum atomic E-state index is 0.539. The predicted molar refractivity (Wildman–Crippen MR) is 75.2 cm³/mol. The van der Waals surface area contributed by atoms with Crippen molar-refractivity contribution in [2.75, 3.05) is 18.9 Å². The van der Waals surface area contributed by atoms with E-state index < -0.39 is 0 Å². The molecule has 1 aliphatic heterocycles. The number of aromatic nitrogens is 1. The van der Waals surface area contributed by atoms with E-state index in [1.54, 1.807) is 0 Å². The van der Waals surface area contributed by atoms with Crippen molar-refractivity contribution in [2.45, 2.75) is 32.4 Å². The second-order valence-electron chi connectivity index (χ2n) is 5.14. The fraction of sp³-hybridized carbons (Fsp3) is 0.615. The zero-order valence-corrected chi connectivity index (χ0v) is 12.2. The molecule has 0 saturated carbocycles. The lowest BCUT2D eigenvalue weighted by atomic mass is 9.90. The van der Waals surface area contributed by atoms with Gasteiger partial charge in [-0.05, 0) is 48.3 Å². The summed E-state index contributed by atoms with van der Waals surface area (Å²) in [6.45, 7) is 5.76. The molecule has 0 spiro atoms. The summed E-state index contributed by atoms with van der Waals surface area (Å²) >= 11 is 3.45. The van der Waals surface area contributed by atoms with Crippen LogP contribution in [0.5, 0.6) is 0 Å². The SMILES string of the molecule is CC1CN(C)C(C)CC1Nc1cncc(Br)c1. The molecule has 1 saturated heterocycles. The number of halogens is 1. The maximum Gasteiger partial charge on any atom is 0.0540 e. The van der Waals surface area contributed by atoms with E-state index in [4.69, 9.17) is 0 Å². The molecule has 2 rings (SSSR count). The first-order chi connectivity index (χ1) is 8.06. The van der Waals surface area contributed by atoms with Crippen molar-refractivity contribution in [3.63, 3.8) is 0 Å². The van der Waals surface area contributed by atoms with Crippen LogP contribution in [-0.4, -0.2) is 35.6 Å². The van der Waals surface area contributed by atoms with Gasteiger partial charge in [-0.15, -0.1) is 0 Å². The van der Waals surface area contributed by atoms with Crippen LogP contribution in [0.25, 0.3) is 0 Å². The van der Waals surface area contributed by atoms with Gasteiger partial charge < -0.3 is 10.2 Å². The lowest BCUT2D eigenvalue weighted by molar-refractivity contribution is 0.145. The number of nitrogens with one attached hydrogen (secondary N) is 1. The minimum absolute atomic E-state index is 0.539. The number of nitrogens with zero attached hydrogens (tertiary/aromatic N) is 2. The van der Waals surface area contributed by atoms with E-state index in [0.29, 0.717) is 18.0 Å². The maximum absolute atomic E-state index is 4.19. The highest BCUT2D eigenvalue weighted by Crippen LogP contribution is 2.24. The van der Waals surface area contributed by atoms with Crippen LogP contribution in [0.3, 0.4) is 0 Å². The summed E-state index contributed by atoms with van der Waals surface area (Å²) in [6.07, 6.45) is 4.89. The van der Waals surface area contributed by atoms with Gasteiger partial charge in [-0.2, -0.15) is 0 Å². The molecular weight excluding hydrogens is 278 g/mol. The molecule has 94 valence electrons. The molecule has 0 bridgehead atoms. The van der Waals surface area contributed by atoms with Crippen LogP contribution in [0.4, 0.5) is 5.69 Å². The van der Waals surface area contributed by atoms with Crippen molar-refractivity contribution in [3.05, 3.63) is 22.9 Å². The summed E-state index contributed by atoms with van der Waals surface area (Å²) in [5.74, 6) is 0.662. The molecule has 3 nitrogen and oxygen atoms in total.